The topological polar surface area (TPSA) is 35.5 Å². The minimum Gasteiger partial charge on any atom is -0.394 e. The largest absolute Gasteiger partial charge is 0.394 e. The van der Waals surface area contributed by atoms with Crippen LogP contribution in [0.25, 0.3) is 0 Å². The van der Waals surface area contributed by atoms with Gasteiger partial charge in [-0.2, -0.15) is 0 Å². The highest BCUT2D eigenvalue weighted by Crippen LogP contribution is 2.29. The molecule has 18 heavy (non-hydrogen) atoms. The Labute approximate surface area is 113 Å². The fourth-order valence-electron chi connectivity index (χ4n) is 3.00. The van der Waals surface area contributed by atoms with Crippen molar-refractivity contribution in [3.05, 3.63) is 0 Å². The Kier molecular flexibility index (Phi) is 5.63. The van der Waals surface area contributed by atoms with Crippen LogP contribution >= 0.6 is 0 Å². The van der Waals surface area contributed by atoms with Crippen LogP contribution < -0.4 is 5.32 Å². The van der Waals surface area contributed by atoms with Gasteiger partial charge in [0.2, 0.25) is 0 Å². The zero-order valence-corrected chi connectivity index (χ0v) is 12.9. The highest BCUT2D eigenvalue weighted by atomic mass is 16.3. The van der Waals surface area contributed by atoms with Crippen molar-refractivity contribution in [2.45, 2.75) is 65.5 Å². The Hall–Kier alpha value is -0.120. The van der Waals surface area contributed by atoms with Gasteiger partial charge in [0.25, 0.3) is 0 Å². The molecule has 0 radical (unpaired) electrons. The predicted molar refractivity (Wildman–Crippen MR) is 77.8 cm³/mol. The zero-order valence-electron chi connectivity index (χ0n) is 12.9. The fraction of sp³-hybridized carbons (Fsp3) is 1.00. The number of hydrogen-bond donors (Lipinski definition) is 2. The lowest BCUT2D eigenvalue weighted by atomic mass is 9.93. The first-order valence-electron chi connectivity index (χ1n) is 7.37. The molecular formula is C15H32N2O. The fourth-order valence-corrected chi connectivity index (χ4v) is 3.00. The summed E-state index contributed by atoms with van der Waals surface area (Å²) in [5.41, 5.74) is 0.375. The molecule has 108 valence electrons. The summed E-state index contributed by atoms with van der Waals surface area (Å²) in [6, 6.07) is 0.424. The van der Waals surface area contributed by atoms with Gasteiger partial charge in [-0.05, 0) is 44.7 Å². The van der Waals surface area contributed by atoms with Crippen molar-refractivity contribution in [1.82, 2.24) is 10.2 Å². The first-order chi connectivity index (χ1) is 8.26. The van der Waals surface area contributed by atoms with Crippen LogP contribution in [0.4, 0.5) is 0 Å². The minimum absolute atomic E-state index is 0.122. The number of hydrogen-bond acceptors (Lipinski definition) is 3. The Balaban J connectivity index is 2.28. The maximum absolute atomic E-state index is 9.53. The summed E-state index contributed by atoms with van der Waals surface area (Å²) in [6.45, 7) is 14.9. The molecule has 1 fully saturated rings. The molecule has 0 aromatic rings. The van der Waals surface area contributed by atoms with E-state index in [0.717, 1.165) is 12.8 Å². The van der Waals surface area contributed by atoms with Crippen LogP contribution in [0.2, 0.25) is 0 Å². The average Bonchev–Trinajstić information content (AvgIpc) is 2.57. The van der Waals surface area contributed by atoms with Gasteiger partial charge in [0.05, 0.1) is 6.61 Å². The molecular weight excluding hydrogens is 224 g/mol. The normalized spacial score (nSPS) is 23.5. The van der Waals surface area contributed by atoms with E-state index in [0.29, 0.717) is 11.5 Å². The van der Waals surface area contributed by atoms with Crippen molar-refractivity contribution in [3.63, 3.8) is 0 Å². The monoisotopic (exact) mass is 256 g/mol. The lowest BCUT2D eigenvalue weighted by Gasteiger charge is -2.32. The van der Waals surface area contributed by atoms with Crippen molar-refractivity contribution in [2.75, 3.05) is 26.2 Å². The van der Waals surface area contributed by atoms with E-state index in [2.05, 4.69) is 44.8 Å². The Morgan fingerprint density at radius 2 is 2.06 bits per heavy atom. The summed E-state index contributed by atoms with van der Waals surface area (Å²) in [4.78, 5) is 2.56. The standard InChI is InChI=1S/C15H32N2O/c1-13(2)16-15(5,12-18)7-6-9-17-10-8-14(3,4)11-17/h13,16,18H,6-12H2,1-5H3. The summed E-state index contributed by atoms with van der Waals surface area (Å²) < 4.78 is 0. The molecule has 3 heteroatoms. The van der Waals surface area contributed by atoms with Crippen LogP contribution in [0.5, 0.6) is 0 Å². The maximum Gasteiger partial charge on any atom is 0.0610 e. The molecule has 0 spiro atoms. The van der Waals surface area contributed by atoms with Gasteiger partial charge in [0.15, 0.2) is 0 Å². The second-order valence-corrected chi connectivity index (χ2v) is 7.31. The van der Waals surface area contributed by atoms with Crippen molar-refractivity contribution in [1.29, 1.82) is 0 Å². The second-order valence-electron chi connectivity index (χ2n) is 7.31. The number of aliphatic hydroxyl groups excluding tert-OH is 1. The number of likely N-dealkylation sites (tertiary alicyclic amines) is 1. The summed E-state index contributed by atoms with van der Waals surface area (Å²) in [6.07, 6.45) is 3.51. The van der Waals surface area contributed by atoms with Gasteiger partial charge in [-0.3, -0.25) is 0 Å². The first-order valence-corrected chi connectivity index (χ1v) is 7.37. The van der Waals surface area contributed by atoms with Crippen molar-refractivity contribution in [2.24, 2.45) is 5.41 Å². The third-order valence-corrected chi connectivity index (χ3v) is 3.95. The quantitative estimate of drug-likeness (QED) is 0.733. The number of nitrogens with zero attached hydrogens (tertiary/aromatic N) is 1. The highest BCUT2D eigenvalue weighted by molar-refractivity contribution is 4.86. The summed E-state index contributed by atoms with van der Waals surface area (Å²) in [5.74, 6) is 0. The third-order valence-electron chi connectivity index (χ3n) is 3.95. The van der Waals surface area contributed by atoms with Crippen LogP contribution in [0, 0.1) is 5.41 Å². The molecule has 2 N–H and O–H groups in total. The molecule has 1 aliphatic rings. The van der Waals surface area contributed by atoms with E-state index >= 15 is 0 Å². The molecule has 1 unspecified atom stereocenters. The van der Waals surface area contributed by atoms with Gasteiger partial charge in [-0.1, -0.05) is 27.7 Å². The maximum atomic E-state index is 9.53. The minimum atomic E-state index is -0.122. The van der Waals surface area contributed by atoms with Crippen molar-refractivity contribution < 1.29 is 5.11 Å². The Bertz CT molecular complexity index is 253. The molecule has 0 bridgehead atoms. The van der Waals surface area contributed by atoms with Gasteiger partial charge in [0.1, 0.15) is 0 Å². The molecule has 0 aromatic carbocycles. The number of nitrogens with one attached hydrogen (secondary N) is 1. The summed E-state index contributed by atoms with van der Waals surface area (Å²) >= 11 is 0. The van der Waals surface area contributed by atoms with E-state index < -0.39 is 0 Å². The first kappa shape index (κ1) is 15.9. The predicted octanol–water partition coefficient (Wildman–Crippen LogP) is 2.25. The number of rotatable bonds is 7. The highest BCUT2D eigenvalue weighted by Gasteiger charge is 2.29. The van der Waals surface area contributed by atoms with E-state index in [-0.39, 0.29) is 12.1 Å². The van der Waals surface area contributed by atoms with Gasteiger partial charge in [0, 0.05) is 18.1 Å². The van der Waals surface area contributed by atoms with Crippen LogP contribution in [-0.4, -0.2) is 47.8 Å². The molecule has 1 rings (SSSR count). The zero-order chi connectivity index (χ0) is 13.8. The summed E-state index contributed by atoms with van der Waals surface area (Å²) in [7, 11) is 0. The van der Waals surface area contributed by atoms with E-state index in [9.17, 15) is 5.11 Å². The smallest absolute Gasteiger partial charge is 0.0610 e. The molecule has 1 saturated heterocycles. The van der Waals surface area contributed by atoms with E-state index in [1.165, 1.54) is 26.1 Å². The van der Waals surface area contributed by atoms with Gasteiger partial charge in [-0.25, -0.2) is 0 Å². The van der Waals surface area contributed by atoms with Gasteiger partial charge < -0.3 is 15.3 Å². The van der Waals surface area contributed by atoms with E-state index in [4.69, 9.17) is 0 Å². The van der Waals surface area contributed by atoms with E-state index in [1.54, 1.807) is 0 Å². The SMILES string of the molecule is CC(C)NC(C)(CO)CCCN1CCC(C)(C)C1. The van der Waals surface area contributed by atoms with Crippen molar-refractivity contribution >= 4 is 0 Å². The molecule has 0 aromatic heterocycles. The molecule has 0 aliphatic carbocycles. The van der Waals surface area contributed by atoms with Crippen LogP contribution in [0.3, 0.4) is 0 Å². The van der Waals surface area contributed by atoms with Gasteiger partial charge >= 0.3 is 0 Å². The molecule has 0 saturated carbocycles. The lowest BCUT2D eigenvalue weighted by Crippen LogP contribution is -2.49. The number of aliphatic hydroxyl groups is 1. The Morgan fingerprint density at radius 1 is 1.39 bits per heavy atom. The lowest BCUT2D eigenvalue weighted by molar-refractivity contribution is 0.149. The van der Waals surface area contributed by atoms with Crippen molar-refractivity contribution in [3.8, 4) is 0 Å². The van der Waals surface area contributed by atoms with Gasteiger partial charge in [-0.15, -0.1) is 0 Å². The van der Waals surface area contributed by atoms with E-state index in [1.807, 2.05) is 0 Å². The van der Waals surface area contributed by atoms with Crippen LogP contribution in [-0.2, 0) is 0 Å². The molecule has 1 aliphatic heterocycles. The van der Waals surface area contributed by atoms with Crippen LogP contribution in [0.1, 0.15) is 53.9 Å². The molecule has 3 nitrogen and oxygen atoms in total. The summed E-state index contributed by atoms with van der Waals surface area (Å²) in [5, 5.41) is 13.0. The molecule has 1 heterocycles. The molecule has 1 atom stereocenters. The van der Waals surface area contributed by atoms with Crippen LogP contribution in [0.15, 0.2) is 0 Å². The second kappa shape index (κ2) is 6.36. The molecule has 0 amide bonds. The third kappa shape index (κ3) is 5.25. The Morgan fingerprint density at radius 3 is 2.50 bits per heavy atom. The average molecular weight is 256 g/mol.